The average molecular weight is 339 g/mol. The molecule has 1 N–H and O–H groups in total. The van der Waals surface area contributed by atoms with E-state index in [0.29, 0.717) is 5.75 Å². The Morgan fingerprint density at radius 2 is 2.25 bits per heavy atom. The van der Waals surface area contributed by atoms with Gasteiger partial charge < -0.3 is 14.4 Å². The van der Waals surface area contributed by atoms with E-state index in [0.717, 1.165) is 22.4 Å². The normalized spacial score (nSPS) is 10.6. The van der Waals surface area contributed by atoms with Gasteiger partial charge in [-0.2, -0.15) is 0 Å². The second kappa shape index (κ2) is 6.09. The summed E-state index contributed by atoms with van der Waals surface area (Å²) >= 11 is 3.29. The maximum atomic E-state index is 11.3. The SMILES string of the molecule is CCn1ccnc1COc1c(C)cc(Br)cc1C(=O)O. The van der Waals surface area contributed by atoms with E-state index in [9.17, 15) is 9.90 Å². The van der Waals surface area contributed by atoms with Crippen molar-refractivity contribution in [2.75, 3.05) is 0 Å². The van der Waals surface area contributed by atoms with Crippen LogP contribution in [0.1, 0.15) is 28.7 Å². The van der Waals surface area contributed by atoms with Crippen LogP contribution in [0.2, 0.25) is 0 Å². The quantitative estimate of drug-likeness (QED) is 0.908. The third kappa shape index (κ3) is 3.01. The third-order valence-electron chi connectivity index (χ3n) is 2.96. The number of aromatic nitrogens is 2. The van der Waals surface area contributed by atoms with E-state index in [1.165, 1.54) is 6.07 Å². The monoisotopic (exact) mass is 338 g/mol. The summed E-state index contributed by atoms with van der Waals surface area (Å²) in [6.45, 7) is 4.87. The molecule has 0 bridgehead atoms. The molecule has 1 aromatic carbocycles. The summed E-state index contributed by atoms with van der Waals surface area (Å²) in [6.07, 6.45) is 3.57. The first kappa shape index (κ1) is 14.6. The van der Waals surface area contributed by atoms with Crippen molar-refractivity contribution >= 4 is 21.9 Å². The molecule has 0 atom stereocenters. The minimum absolute atomic E-state index is 0.145. The lowest BCUT2D eigenvalue weighted by Gasteiger charge is -2.13. The van der Waals surface area contributed by atoms with E-state index in [-0.39, 0.29) is 12.2 Å². The van der Waals surface area contributed by atoms with Gasteiger partial charge in [0.2, 0.25) is 0 Å². The van der Waals surface area contributed by atoms with Crippen molar-refractivity contribution in [1.82, 2.24) is 9.55 Å². The van der Waals surface area contributed by atoms with Crippen molar-refractivity contribution in [3.63, 3.8) is 0 Å². The lowest BCUT2D eigenvalue weighted by molar-refractivity contribution is 0.0691. The van der Waals surface area contributed by atoms with Gasteiger partial charge in [-0.1, -0.05) is 15.9 Å². The molecule has 20 heavy (non-hydrogen) atoms. The minimum Gasteiger partial charge on any atom is -0.484 e. The predicted octanol–water partition coefficient (Wildman–Crippen LogP) is 3.25. The highest BCUT2D eigenvalue weighted by Gasteiger charge is 2.16. The number of carboxylic acid groups (broad SMARTS) is 1. The number of carboxylic acids is 1. The Labute approximate surface area is 125 Å². The van der Waals surface area contributed by atoms with Crippen LogP contribution >= 0.6 is 15.9 Å². The first-order chi connectivity index (χ1) is 9.52. The van der Waals surface area contributed by atoms with Crippen LogP contribution in [-0.4, -0.2) is 20.6 Å². The van der Waals surface area contributed by atoms with E-state index >= 15 is 0 Å². The van der Waals surface area contributed by atoms with Gasteiger partial charge in [0.25, 0.3) is 0 Å². The molecular formula is C14H15BrN2O3. The molecule has 0 unspecified atom stereocenters. The molecule has 0 amide bonds. The Morgan fingerprint density at radius 3 is 2.90 bits per heavy atom. The van der Waals surface area contributed by atoms with Gasteiger partial charge in [-0.05, 0) is 31.5 Å². The lowest BCUT2D eigenvalue weighted by Crippen LogP contribution is -2.09. The zero-order valence-electron chi connectivity index (χ0n) is 11.3. The molecule has 5 nitrogen and oxygen atoms in total. The number of imidazole rings is 1. The van der Waals surface area contributed by atoms with Crippen molar-refractivity contribution in [3.05, 3.63) is 46.0 Å². The van der Waals surface area contributed by atoms with Crippen molar-refractivity contribution < 1.29 is 14.6 Å². The summed E-state index contributed by atoms with van der Waals surface area (Å²) < 4.78 is 8.36. The topological polar surface area (TPSA) is 64.4 Å². The van der Waals surface area contributed by atoms with Gasteiger partial charge in [0, 0.05) is 23.4 Å². The zero-order chi connectivity index (χ0) is 14.7. The van der Waals surface area contributed by atoms with E-state index in [4.69, 9.17) is 4.74 Å². The largest absolute Gasteiger partial charge is 0.484 e. The van der Waals surface area contributed by atoms with Crippen molar-refractivity contribution in [3.8, 4) is 5.75 Å². The number of ether oxygens (including phenoxy) is 1. The van der Waals surface area contributed by atoms with Crippen molar-refractivity contribution in [2.24, 2.45) is 0 Å². The zero-order valence-corrected chi connectivity index (χ0v) is 12.8. The first-order valence-electron chi connectivity index (χ1n) is 6.19. The average Bonchev–Trinajstić information content (AvgIpc) is 2.84. The van der Waals surface area contributed by atoms with Crippen LogP contribution in [0.5, 0.6) is 5.75 Å². The number of aromatic carboxylic acids is 1. The molecule has 2 aromatic rings. The third-order valence-corrected chi connectivity index (χ3v) is 3.42. The van der Waals surface area contributed by atoms with Crippen LogP contribution in [-0.2, 0) is 13.2 Å². The standard InChI is InChI=1S/C14H15BrN2O3/c1-3-17-5-4-16-12(17)8-20-13-9(2)6-10(15)7-11(13)14(18)19/h4-7H,3,8H2,1-2H3,(H,18,19). The van der Waals surface area contributed by atoms with Crippen LogP contribution in [0.3, 0.4) is 0 Å². The molecule has 6 heteroatoms. The van der Waals surface area contributed by atoms with E-state index in [1.807, 2.05) is 30.7 Å². The number of rotatable bonds is 5. The smallest absolute Gasteiger partial charge is 0.339 e. The summed E-state index contributed by atoms with van der Waals surface area (Å²) in [5.74, 6) is 0.140. The lowest BCUT2D eigenvalue weighted by atomic mass is 10.1. The Hall–Kier alpha value is -1.82. The molecule has 0 aliphatic carbocycles. The highest BCUT2D eigenvalue weighted by molar-refractivity contribution is 9.10. The second-order valence-corrected chi connectivity index (χ2v) is 5.24. The van der Waals surface area contributed by atoms with Gasteiger partial charge in [-0.15, -0.1) is 0 Å². The van der Waals surface area contributed by atoms with Crippen LogP contribution < -0.4 is 4.74 Å². The number of hydrogen-bond acceptors (Lipinski definition) is 3. The second-order valence-electron chi connectivity index (χ2n) is 4.32. The Kier molecular flexibility index (Phi) is 4.44. The molecule has 0 saturated heterocycles. The van der Waals surface area contributed by atoms with Crippen LogP contribution in [0.4, 0.5) is 0 Å². The Morgan fingerprint density at radius 1 is 1.50 bits per heavy atom. The number of hydrogen-bond donors (Lipinski definition) is 1. The Balaban J connectivity index is 2.27. The molecule has 2 rings (SSSR count). The first-order valence-corrected chi connectivity index (χ1v) is 6.98. The number of nitrogens with zero attached hydrogens (tertiary/aromatic N) is 2. The molecule has 0 aliphatic rings. The number of halogens is 1. The summed E-state index contributed by atoms with van der Waals surface area (Å²) in [5.41, 5.74) is 0.915. The predicted molar refractivity (Wildman–Crippen MR) is 78.1 cm³/mol. The van der Waals surface area contributed by atoms with Gasteiger partial charge in [-0.25, -0.2) is 9.78 Å². The highest BCUT2D eigenvalue weighted by atomic mass is 79.9. The van der Waals surface area contributed by atoms with Crippen LogP contribution in [0.25, 0.3) is 0 Å². The minimum atomic E-state index is -1.01. The summed E-state index contributed by atoms with van der Waals surface area (Å²) in [6, 6.07) is 3.37. The summed E-state index contributed by atoms with van der Waals surface area (Å²) in [5, 5.41) is 9.25. The molecule has 0 radical (unpaired) electrons. The van der Waals surface area contributed by atoms with Crippen LogP contribution in [0, 0.1) is 6.92 Å². The van der Waals surface area contributed by atoms with E-state index < -0.39 is 5.97 Å². The molecular weight excluding hydrogens is 324 g/mol. The maximum absolute atomic E-state index is 11.3. The maximum Gasteiger partial charge on any atom is 0.339 e. The summed E-state index contributed by atoms with van der Waals surface area (Å²) in [7, 11) is 0. The molecule has 0 spiro atoms. The molecule has 1 heterocycles. The van der Waals surface area contributed by atoms with Crippen molar-refractivity contribution in [1.29, 1.82) is 0 Å². The van der Waals surface area contributed by atoms with Crippen molar-refractivity contribution in [2.45, 2.75) is 27.0 Å². The number of carbonyl (C=O) groups is 1. The fraction of sp³-hybridized carbons (Fsp3) is 0.286. The van der Waals surface area contributed by atoms with E-state index in [2.05, 4.69) is 20.9 Å². The molecule has 0 aliphatic heterocycles. The van der Waals surface area contributed by atoms with Gasteiger partial charge in [-0.3, -0.25) is 0 Å². The Bertz CT molecular complexity index is 637. The number of benzene rings is 1. The number of aryl methyl sites for hydroxylation is 2. The van der Waals surface area contributed by atoms with Gasteiger partial charge in [0.1, 0.15) is 23.7 Å². The fourth-order valence-electron chi connectivity index (χ4n) is 1.99. The molecule has 0 fully saturated rings. The molecule has 0 saturated carbocycles. The summed E-state index contributed by atoms with van der Waals surface area (Å²) in [4.78, 5) is 15.5. The van der Waals surface area contributed by atoms with E-state index in [1.54, 1.807) is 6.20 Å². The van der Waals surface area contributed by atoms with Gasteiger partial charge in [0.15, 0.2) is 0 Å². The van der Waals surface area contributed by atoms with Gasteiger partial charge in [0.05, 0.1) is 0 Å². The fourth-order valence-corrected chi connectivity index (χ4v) is 2.56. The van der Waals surface area contributed by atoms with Crippen LogP contribution in [0.15, 0.2) is 29.0 Å². The molecule has 106 valence electrons. The molecule has 1 aromatic heterocycles. The highest BCUT2D eigenvalue weighted by Crippen LogP contribution is 2.28. The van der Waals surface area contributed by atoms with Gasteiger partial charge >= 0.3 is 5.97 Å².